The maximum absolute atomic E-state index is 12.4. The van der Waals surface area contributed by atoms with Crippen LogP contribution in [0.4, 0.5) is 5.82 Å². The topological polar surface area (TPSA) is 81.2 Å². The fourth-order valence-electron chi connectivity index (χ4n) is 2.50. The number of aromatic nitrogens is 2. The molecular formula is C19H15Cl2N3O3. The third-order valence-electron chi connectivity index (χ3n) is 3.76. The van der Waals surface area contributed by atoms with Gasteiger partial charge >= 0.3 is 5.97 Å². The number of carbonyl (C=O) groups excluding carboxylic acids is 2. The van der Waals surface area contributed by atoms with Crippen LogP contribution in [-0.2, 0) is 9.53 Å². The number of carbonyl (C=O) groups is 2. The van der Waals surface area contributed by atoms with Gasteiger partial charge < -0.3 is 10.1 Å². The van der Waals surface area contributed by atoms with Crippen LogP contribution in [0.3, 0.4) is 0 Å². The fourth-order valence-corrected chi connectivity index (χ4v) is 2.91. The number of hydrogen-bond donors (Lipinski definition) is 1. The molecule has 0 saturated heterocycles. The van der Waals surface area contributed by atoms with Crippen molar-refractivity contribution in [1.82, 2.24) is 9.97 Å². The Bertz CT molecular complexity index is 1050. The summed E-state index contributed by atoms with van der Waals surface area (Å²) in [7, 11) is 0. The van der Waals surface area contributed by atoms with Gasteiger partial charge in [0, 0.05) is 11.1 Å². The zero-order valence-corrected chi connectivity index (χ0v) is 16.1. The molecule has 0 fully saturated rings. The molecule has 1 amide bonds. The highest BCUT2D eigenvalue weighted by molar-refractivity contribution is 6.36. The van der Waals surface area contributed by atoms with Gasteiger partial charge in [-0.2, -0.15) is 0 Å². The molecule has 0 aliphatic heterocycles. The third kappa shape index (κ3) is 4.35. The van der Waals surface area contributed by atoms with E-state index in [1.807, 2.05) is 12.1 Å². The number of hydrogen-bond acceptors (Lipinski definition) is 5. The summed E-state index contributed by atoms with van der Waals surface area (Å²) in [6.07, 6.45) is 0. The quantitative estimate of drug-likeness (QED) is 0.654. The van der Waals surface area contributed by atoms with Crippen LogP contribution >= 0.6 is 23.2 Å². The number of aryl methyl sites for hydroxylation is 2. The Labute approximate surface area is 165 Å². The number of rotatable bonds is 4. The number of anilines is 1. The molecule has 1 N–H and O–H groups in total. The number of para-hydroxylation sites is 1. The van der Waals surface area contributed by atoms with Gasteiger partial charge in [-0.25, -0.2) is 9.78 Å². The predicted octanol–water partition coefficient (Wildman–Crippen LogP) is 4.35. The number of fused-ring (bicyclic) bond motifs is 1. The Morgan fingerprint density at radius 3 is 2.59 bits per heavy atom. The van der Waals surface area contributed by atoms with Crippen LogP contribution in [-0.4, -0.2) is 28.5 Å². The van der Waals surface area contributed by atoms with Gasteiger partial charge in [-0.05, 0) is 32.0 Å². The summed E-state index contributed by atoms with van der Waals surface area (Å²) in [4.78, 5) is 33.0. The van der Waals surface area contributed by atoms with E-state index in [9.17, 15) is 9.59 Å². The van der Waals surface area contributed by atoms with Crippen molar-refractivity contribution in [2.45, 2.75) is 13.8 Å². The minimum absolute atomic E-state index is 0.157. The first kappa shape index (κ1) is 19.1. The first-order valence-electron chi connectivity index (χ1n) is 8.01. The number of nitrogens with zero attached hydrogens (tertiary/aromatic N) is 2. The Hall–Kier alpha value is -2.70. The van der Waals surface area contributed by atoms with Gasteiger partial charge in [-0.3, -0.25) is 9.78 Å². The van der Waals surface area contributed by atoms with E-state index < -0.39 is 18.5 Å². The van der Waals surface area contributed by atoms with Crippen LogP contribution in [0, 0.1) is 13.8 Å². The number of esters is 1. The van der Waals surface area contributed by atoms with Crippen molar-refractivity contribution in [3.63, 3.8) is 0 Å². The first-order chi connectivity index (χ1) is 12.8. The smallest absolute Gasteiger partial charge is 0.339 e. The van der Waals surface area contributed by atoms with E-state index in [0.717, 1.165) is 0 Å². The van der Waals surface area contributed by atoms with Crippen LogP contribution in [0.2, 0.25) is 10.0 Å². The van der Waals surface area contributed by atoms with Crippen LogP contribution in [0.25, 0.3) is 10.9 Å². The molecule has 6 nitrogen and oxygen atoms in total. The van der Waals surface area contributed by atoms with E-state index in [1.54, 1.807) is 32.0 Å². The molecule has 0 unspecified atom stereocenters. The number of halogens is 2. The van der Waals surface area contributed by atoms with Gasteiger partial charge in [0.05, 0.1) is 26.8 Å². The molecule has 0 saturated carbocycles. The molecule has 27 heavy (non-hydrogen) atoms. The van der Waals surface area contributed by atoms with E-state index in [0.29, 0.717) is 32.9 Å². The summed E-state index contributed by atoms with van der Waals surface area (Å²) in [6.45, 7) is 2.99. The molecule has 138 valence electrons. The van der Waals surface area contributed by atoms with Gasteiger partial charge in [0.2, 0.25) is 0 Å². The zero-order valence-electron chi connectivity index (χ0n) is 14.5. The molecule has 3 rings (SSSR count). The standard InChI is InChI=1S/C19H15Cl2N3O3/c1-10-7-13(12-5-3-4-6-16(12)22-10)19(26)27-9-17(25)24-18-15(21)8-14(20)11(2)23-18/h3-8H,9H2,1-2H3,(H,23,24,25). The fraction of sp³-hybridized carbons (Fsp3) is 0.158. The van der Waals surface area contributed by atoms with Gasteiger partial charge in [0.25, 0.3) is 5.91 Å². The molecular weight excluding hydrogens is 389 g/mol. The maximum Gasteiger partial charge on any atom is 0.339 e. The minimum atomic E-state index is -0.613. The monoisotopic (exact) mass is 403 g/mol. The second-order valence-electron chi connectivity index (χ2n) is 5.84. The summed E-state index contributed by atoms with van der Waals surface area (Å²) >= 11 is 11.9. The number of ether oxygens (including phenoxy) is 1. The molecule has 0 atom stereocenters. The minimum Gasteiger partial charge on any atom is -0.452 e. The average molecular weight is 404 g/mol. The van der Waals surface area contributed by atoms with Gasteiger partial charge in [0.15, 0.2) is 12.4 Å². The Morgan fingerprint density at radius 1 is 1.07 bits per heavy atom. The third-order valence-corrected chi connectivity index (χ3v) is 4.43. The van der Waals surface area contributed by atoms with Crippen molar-refractivity contribution < 1.29 is 14.3 Å². The zero-order chi connectivity index (χ0) is 19.6. The first-order valence-corrected chi connectivity index (χ1v) is 8.76. The molecule has 0 aliphatic rings. The summed E-state index contributed by atoms with van der Waals surface area (Å²) in [6, 6.07) is 10.3. The lowest BCUT2D eigenvalue weighted by Crippen LogP contribution is -2.22. The summed E-state index contributed by atoms with van der Waals surface area (Å²) in [5.41, 5.74) is 2.23. The summed E-state index contributed by atoms with van der Waals surface area (Å²) in [5.74, 6) is -1.02. The Kier molecular flexibility index (Phi) is 5.58. The Morgan fingerprint density at radius 2 is 1.81 bits per heavy atom. The lowest BCUT2D eigenvalue weighted by Gasteiger charge is -2.10. The SMILES string of the molecule is Cc1cc(C(=O)OCC(=O)Nc2nc(C)c(Cl)cc2Cl)c2ccccc2n1. The van der Waals surface area contributed by atoms with Crippen molar-refractivity contribution in [2.24, 2.45) is 0 Å². The molecule has 1 aromatic carbocycles. The van der Waals surface area contributed by atoms with Crippen molar-refractivity contribution in [1.29, 1.82) is 0 Å². The highest BCUT2D eigenvalue weighted by Crippen LogP contribution is 2.25. The second kappa shape index (κ2) is 7.90. The molecule has 0 bridgehead atoms. The maximum atomic E-state index is 12.4. The molecule has 0 spiro atoms. The van der Waals surface area contributed by atoms with Crippen molar-refractivity contribution in [3.8, 4) is 0 Å². The number of benzene rings is 1. The Balaban J connectivity index is 1.71. The average Bonchev–Trinajstić information content (AvgIpc) is 2.63. The number of nitrogens with one attached hydrogen (secondary N) is 1. The van der Waals surface area contributed by atoms with E-state index in [-0.39, 0.29) is 10.8 Å². The van der Waals surface area contributed by atoms with Crippen molar-refractivity contribution >= 4 is 51.8 Å². The van der Waals surface area contributed by atoms with Gasteiger partial charge in [-0.15, -0.1) is 0 Å². The van der Waals surface area contributed by atoms with E-state index in [1.165, 1.54) is 6.07 Å². The molecule has 0 aliphatic carbocycles. The lowest BCUT2D eigenvalue weighted by molar-refractivity contribution is -0.119. The van der Waals surface area contributed by atoms with Crippen LogP contribution in [0.5, 0.6) is 0 Å². The second-order valence-corrected chi connectivity index (χ2v) is 6.65. The largest absolute Gasteiger partial charge is 0.452 e. The molecule has 0 radical (unpaired) electrons. The normalized spacial score (nSPS) is 10.7. The highest BCUT2D eigenvalue weighted by Gasteiger charge is 2.16. The predicted molar refractivity (Wildman–Crippen MR) is 104 cm³/mol. The van der Waals surface area contributed by atoms with E-state index >= 15 is 0 Å². The van der Waals surface area contributed by atoms with Crippen molar-refractivity contribution in [2.75, 3.05) is 11.9 Å². The van der Waals surface area contributed by atoms with Gasteiger partial charge in [0.1, 0.15) is 0 Å². The van der Waals surface area contributed by atoms with Gasteiger partial charge in [-0.1, -0.05) is 41.4 Å². The van der Waals surface area contributed by atoms with Crippen LogP contribution in [0.1, 0.15) is 21.7 Å². The van der Waals surface area contributed by atoms with Crippen LogP contribution < -0.4 is 5.32 Å². The molecule has 3 aromatic rings. The number of amides is 1. The lowest BCUT2D eigenvalue weighted by atomic mass is 10.1. The summed E-state index contributed by atoms with van der Waals surface area (Å²) < 4.78 is 5.14. The van der Waals surface area contributed by atoms with E-state index in [4.69, 9.17) is 27.9 Å². The molecule has 2 heterocycles. The summed E-state index contributed by atoms with van der Waals surface area (Å²) in [5, 5.41) is 3.75. The highest BCUT2D eigenvalue weighted by atomic mass is 35.5. The molecule has 8 heteroatoms. The molecule has 2 aromatic heterocycles. The van der Waals surface area contributed by atoms with Crippen molar-refractivity contribution in [3.05, 3.63) is 63.4 Å². The van der Waals surface area contributed by atoms with E-state index in [2.05, 4.69) is 15.3 Å². The van der Waals surface area contributed by atoms with Crippen LogP contribution in [0.15, 0.2) is 36.4 Å². The number of pyridine rings is 2.